The van der Waals surface area contributed by atoms with Gasteiger partial charge in [0.05, 0.1) is 19.6 Å². The van der Waals surface area contributed by atoms with E-state index in [2.05, 4.69) is 31.2 Å². The van der Waals surface area contributed by atoms with E-state index in [1.807, 2.05) is 13.0 Å². The molecular weight excluding hydrogens is 276 g/mol. The minimum Gasteiger partial charge on any atom is -0.497 e. The zero-order valence-corrected chi connectivity index (χ0v) is 13.6. The Morgan fingerprint density at radius 3 is 2.68 bits per heavy atom. The Morgan fingerprint density at radius 1 is 1.23 bits per heavy atom. The lowest BCUT2D eigenvalue weighted by atomic mass is 9.65. The molecule has 116 valence electrons. The van der Waals surface area contributed by atoms with Crippen molar-refractivity contribution >= 4 is 16.7 Å². The first-order valence-electron chi connectivity index (χ1n) is 7.69. The molecule has 3 heteroatoms. The van der Waals surface area contributed by atoms with Crippen LogP contribution in [0, 0.1) is 5.41 Å². The molecule has 2 aromatic rings. The van der Waals surface area contributed by atoms with Crippen LogP contribution in [0.1, 0.15) is 37.3 Å². The molecule has 2 unspecified atom stereocenters. The van der Waals surface area contributed by atoms with Gasteiger partial charge in [-0.1, -0.05) is 25.1 Å². The molecule has 1 aliphatic rings. The number of ether oxygens (including phenoxy) is 2. The Balaban J connectivity index is 2.13. The predicted molar refractivity (Wildman–Crippen MR) is 87.4 cm³/mol. The number of carbonyl (C=O) groups excluding carboxylic acids is 1. The molecule has 0 bridgehead atoms. The number of rotatable bonds is 2. The molecule has 22 heavy (non-hydrogen) atoms. The average molecular weight is 298 g/mol. The minimum absolute atomic E-state index is 0.111. The van der Waals surface area contributed by atoms with Gasteiger partial charge < -0.3 is 9.47 Å². The molecule has 0 saturated heterocycles. The van der Waals surface area contributed by atoms with Gasteiger partial charge in [-0.2, -0.15) is 0 Å². The monoisotopic (exact) mass is 298 g/mol. The van der Waals surface area contributed by atoms with Crippen LogP contribution < -0.4 is 4.74 Å². The summed E-state index contributed by atoms with van der Waals surface area (Å²) in [5, 5.41) is 2.45. The van der Waals surface area contributed by atoms with Gasteiger partial charge in [0, 0.05) is 0 Å². The Morgan fingerprint density at radius 2 is 2.00 bits per heavy atom. The third-order valence-corrected chi connectivity index (χ3v) is 5.34. The Kier molecular flexibility index (Phi) is 3.59. The molecule has 2 atom stereocenters. The van der Waals surface area contributed by atoms with E-state index in [1.165, 1.54) is 29.0 Å². The molecule has 1 aliphatic carbocycles. The van der Waals surface area contributed by atoms with Gasteiger partial charge in [-0.3, -0.25) is 4.79 Å². The van der Waals surface area contributed by atoms with Crippen molar-refractivity contribution in [3.8, 4) is 5.75 Å². The maximum atomic E-state index is 12.2. The number of hydrogen-bond donors (Lipinski definition) is 0. The van der Waals surface area contributed by atoms with E-state index in [0.29, 0.717) is 0 Å². The van der Waals surface area contributed by atoms with Gasteiger partial charge in [-0.15, -0.1) is 0 Å². The second kappa shape index (κ2) is 5.31. The lowest BCUT2D eigenvalue weighted by Gasteiger charge is -2.39. The van der Waals surface area contributed by atoms with E-state index >= 15 is 0 Å². The molecule has 0 aliphatic heterocycles. The number of methoxy groups -OCH3 is 2. The van der Waals surface area contributed by atoms with Gasteiger partial charge in [0.25, 0.3) is 0 Å². The molecule has 0 N–H and O–H groups in total. The fraction of sp³-hybridized carbons (Fsp3) is 0.421. The molecule has 0 amide bonds. The molecule has 0 fully saturated rings. The predicted octanol–water partition coefficient (Wildman–Crippen LogP) is 4.08. The molecule has 0 saturated carbocycles. The maximum absolute atomic E-state index is 12.2. The highest BCUT2D eigenvalue weighted by Gasteiger charge is 2.44. The first-order chi connectivity index (χ1) is 10.5. The lowest BCUT2D eigenvalue weighted by molar-refractivity contribution is -0.153. The van der Waals surface area contributed by atoms with Crippen LogP contribution in [0.15, 0.2) is 30.3 Å². The highest BCUT2D eigenvalue weighted by Crippen LogP contribution is 2.47. The molecular formula is C19H22O3. The lowest BCUT2D eigenvalue weighted by Crippen LogP contribution is -2.38. The van der Waals surface area contributed by atoms with Gasteiger partial charge >= 0.3 is 5.97 Å². The number of hydrogen-bond acceptors (Lipinski definition) is 3. The summed E-state index contributed by atoms with van der Waals surface area (Å²) in [6.45, 7) is 4.15. The Hall–Kier alpha value is -2.03. The first-order valence-corrected chi connectivity index (χ1v) is 7.69. The summed E-state index contributed by atoms with van der Waals surface area (Å²) >= 11 is 0. The topological polar surface area (TPSA) is 35.5 Å². The zero-order valence-electron chi connectivity index (χ0n) is 13.6. The van der Waals surface area contributed by atoms with Gasteiger partial charge in [-0.05, 0) is 59.7 Å². The maximum Gasteiger partial charge on any atom is 0.312 e. The van der Waals surface area contributed by atoms with E-state index in [-0.39, 0.29) is 11.9 Å². The standard InChI is InChI=1S/C19H22O3/c1-12-15-7-5-13-11-14(21-3)6-8-16(13)17(15)9-10-19(12,2)18(20)22-4/h5-8,11-12H,9-10H2,1-4H3. The van der Waals surface area contributed by atoms with E-state index < -0.39 is 5.41 Å². The number of carbonyl (C=O) groups is 1. The Bertz CT molecular complexity index is 735. The summed E-state index contributed by atoms with van der Waals surface area (Å²) in [6.07, 6.45) is 1.72. The largest absolute Gasteiger partial charge is 0.497 e. The van der Waals surface area contributed by atoms with E-state index in [0.717, 1.165) is 18.6 Å². The van der Waals surface area contributed by atoms with Crippen molar-refractivity contribution in [1.29, 1.82) is 0 Å². The van der Waals surface area contributed by atoms with Crippen molar-refractivity contribution in [3.05, 3.63) is 41.5 Å². The normalized spacial score (nSPS) is 23.9. The smallest absolute Gasteiger partial charge is 0.312 e. The van der Waals surface area contributed by atoms with Crippen LogP contribution in [0.5, 0.6) is 5.75 Å². The van der Waals surface area contributed by atoms with Crippen molar-refractivity contribution in [2.45, 2.75) is 32.6 Å². The quantitative estimate of drug-likeness (QED) is 0.784. The van der Waals surface area contributed by atoms with Gasteiger partial charge in [0.15, 0.2) is 0 Å². The third-order valence-electron chi connectivity index (χ3n) is 5.34. The van der Waals surface area contributed by atoms with Gasteiger partial charge in [-0.25, -0.2) is 0 Å². The summed E-state index contributed by atoms with van der Waals surface area (Å²) in [7, 11) is 3.16. The van der Waals surface area contributed by atoms with E-state index in [1.54, 1.807) is 7.11 Å². The highest BCUT2D eigenvalue weighted by molar-refractivity contribution is 5.89. The third kappa shape index (κ3) is 2.07. The van der Waals surface area contributed by atoms with E-state index in [9.17, 15) is 4.79 Å². The minimum atomic E-state index is -0.443. The number of esters is 1. The molecule has 0 heterocycles. The van der Waals surface area contributed by atoms with Crippen molar-refractivity contribution in [1.82, 2.24) is 0 Å². The van der Waals surface area contributed by atoms with Crippen molar-refractivity contribution in [2.24, 2.45) is 5.41 Å². The van der Waals surface area contributed by atoms with Crippen molar-refractivity contribution in [2.75, 3.05) is 14.2 Å². The van der Waals surface area contributed by atoms with Gasteiger partial charge in [0.1, 0.15) is 5.75 Å². The molecule has 3 rings (SSSR count). The second-order valence-electron chi connectivity index (χ2n) is 6.35. The SMILES string of the molecule is COC(=O)C1(C)CCc2c(ccc3cc(OC)ccc23)C1C. The summed E-state index contributed by atoms with van der Waals surface area (Å²) < 4.78 is 10.3. The molecule has 0 radical (unpaired) electrons. The summed E-state index contributed by atoms with van der Waals surface area (Å²) in [6, 6.07) is 10.5. The van der Waals surface area contributed by atoms with Crippen LogP contribution in [0.3, 0.4) is 0 Å². The molecule has 0 aromatic heterocycles. The fourth-order valence-corrected chi connectivity index (χ4v) is 3.66. The van der Waals surface area contributed by atoms with Crippen LogP contribution in [-0.4, -0.2) is 20.2 Å². The highest BCUT2D eigenvalue weighted by atomic mass is 16.5. The fourth-order valence-electron chi connectivity index (χ4n) is 3.66. The van der Waals surface area contributed by atoms with Crippen LogP contribution in [-0.2, 0) is 16.0 Å². The zero-order chi connectivity index (χ0) is 15.9. The molecule has 0 spiro atoms. The van der Waals surface area contributed by atoms with Gasteiger partial charge in [0.2, 0.25) is 0 Å². The first kappa shape index (κ1) is 14.9. The summed E-state index contributed by atoms with van der Waals surface area (Å²) in [5.74, 6) is 0.909. The Labute approximate surface area is 131 Å². The van der Waals surface area contributed by atoms with Crippen LogP contribution in [0.4, 0.5) is 0 Å². The number of aryl methyl sites for hydroxylation is 1. The van der Waals surface area contributed by atoms with Crippen LogP contribution in [0.25, 0.3) is 10.8 Å². The summed E-state index contributed by atoms with van der Waals surface area (Å²) in [5.41, 5.74) is 2.17. The summed E-state index contributed by atoms with van der Waals surface area (Å²) in [4.78, 5) is 12.2. The molecule has 3 nitrogen and oxygen atoms in total. The van der Waals surface area contributed by atoms with E-state index in [4.69, 9.17) is 9.47 Å². The van der Waals surface area contributed by atoms with Crippen LogP contribution >= 0.6 is 0 Å². The molecule has 2 aromatic carbocycles. The number of benzene rings is 2. The van der Waals surface area contributed by atoms with Crippen LogP contribution in [0.2, 0.25) is 0 Å². The average Bonchev–Trinajstić information content (AvgIpc) is 2.56. The van der Waals surface area contributed by atoms with Crippen molar-refractivity contribution in [3.63, 3.8) is 0 Å². The second-order valence-corrected chi connectivity index (χ2v) is 6.35. The number of fused-ring (bicyclic) bond motifs is 3. The van der Waals surface area contributed by atoms with Crippen molar-refractivity contribution < 1.29 is 14.3 Å².